The fraction of sp³-hybridized carbons (Fsp3) is 0. The van der Waals surface area contributed by atoms with E-state index in [1.807, 2.05) is 0 Å². The second-order valence-electron chi connectivity index (χ2n) is 0. The van der Waals surface area contributed by atoms with Gasteiger partial charge in [-0.1, -0.05) is 0 Å². The van der Waals surface area contributed by atoms with Crippen molar-refractivity contribution in [3.05, 3.63) is 0 Å². The van der Waals surface area contributed by atoms with Crippen molar-refractivity contribution in [3.63, 3.8) is 0 Å². The molecule has 0 fully saturated rings. The quantitative estimate of drug-likeness (QED) is 0.445. The first-order valence-electron chi connectivity index (χ1n) is 0. The fourth-order valence-electron chi connectivity index (χ4n) is 0. The Hall–Kier alpha value is 2.71. The molecule has 5 radical (unpaired) electrons. The topological polar surface area (TPSA) is 0 Å². The molecule has 15 valence electrons. The summed E-state index contributed by atoms with van der Waals surface area (Å²) in [5, 5.41) is 0. The molecule has 0 N–H and O–H groups in total. The van der Waals surface area contributed by atoms with Crippen LogP contribution in [0.5, 0.6) is 0 Å². The van der Waals surface area contributed by atoms with Crippen LogP contribution in [0.15, 0.2) is 0 Å². The van der Waals surface area contributed by atoms with Gasteiger partial charge in [0.1, 0.15) is 0 Å². The maximum Gasteiger partial charge on any atom is 0 e. The SMILES string of the molecule is [Al].[Cr].[Mg].[Zr]. The first kappa shape index (κ1) is 29.8. The molecule has 0 nitrogen and oxygen atoms in total. The standard InChI is InChI=1S/Al.Cr.Mg.Zr. The van der Waals surface area contributed by atoms with Crippen molar-refractivity contribution in [1.82, 2.24) is 0 Å². The van der Waals surface area contributed by atoms with Crippen LogP contribution in [0.25, 0.3) is 0 Å². The molecule has 0 aromatic carbocycles. The van der Waals surface area contributed by atoms with E-state index >= 15 is 0 Å². The van der Waals surface area contributed by atoms with Gasteiger partial charge >= 0.3 is 0 Å². The summed E-state index contributed by atoms with van der Waals surface area (Å²) in [6.07, 6.45) is 0. The first-order valence-corrected chi connectivity index (χ1v) is 0. The summed E-state index contributed by atoms with van der Waals surface area (Å²) in [5.74, 6) is 0. The molecule has 0 heterocycles. The summed E-state index contributed by atoms with van der Waals surface area (Å²) in [7, 11) is 0. The molecule has 0 bridgehead atoms. The van der Waals surface area contributed by atoms with Gasteiger partial charge in [0.15, 0.2) is 0 Å². The second-order valence-corrected chi connectivity index (χ2v) is 0. The summed E-state index contributed by atoms with van der Waals surface area (Å²) in [4.78, 5) is 0. The molecule has 4 heteroatoms. The minimum Gasteiger partial charge on any atom is 0 e. The van der Waals surface area contributed by atoms with Crippen LogP contribution < -0.4 is 0 Å². The fourth-order valence-corrected chi connectivity index (χ4v) is 0. The molecule has 0 saturated carbocycles. The number of hydrogen-bond donors (Lipinski definition) is 0. The van der Waals surface area contributed by atoms with Crippen LogP contribution in [0.3, 0.4) is 0 Å². The first-order chi connectivity index (χ1) is 0. The van der Waals surface area contributed by atoms with Crippen LogP contribution in [0.2, 0.25) is 0 Å². The smallest absolute Gasteiger partial charge is 0 e. The van der Waals surface area contributed by atoms with Crippen molar-refractivity contribution in [2.24, 2.45) is 0 Å². The van der Waals surface area contributed by atoms with E-state index < -0.39 is 0 Å². The van der Waals surface area contributed by atoms with Crippen molar-refractivity contribution in [2.75, 3.05) is 0 Å². The zero-order valence-corrected chi connectivity index (χ0v) is 8.49. The predicted molar refractivity (Wildman–Crippen MR) is 11.5 cm³/mol. The average molecular weight is 195 g/mol. The van der Waals surface area contributed by atoms with Crippen LogP contribution in [0.4, 0.5) is 0 Å². The van der Waals surface area contributed by atoms with Crippen LogP contribution in [-0.4, -0.2) is 40.4 Å². The largest absolute Gasteiger partial charge is 0 e. The average Bonchev–Trinajstić information content (AvgIpc) is 0. The Balaban J connectivity index is 0. The molecule has 0 aromatic heterocycles. The van der Waals surface area contributed by atoms with Crippen molar-refractivity contribution in [3.8, 4) is 0 Å². The third-order valence-corrected chi connectivity index (χ3v) is 0. The number of hydrogen-bond acceptors (Lipinski definition) is 0. The summed E-state index contributed by atoms with van der Waals surface area (Å²) >= 11 is 0. The van der Waals surface area contributed by atoms with E-state index in [-0.39, 0.29) is 84.0 Å². The third-order valence-electron chi connectivity index (χ3n) is 0. The van der Waals surface area contributed by atoms with Gasteiger partial charge in [-0.3, -0.25) is 0 Å². The zero-order chi connectivity index (χ0) is 0. The molecule has 0 amide bonds. The Morgan fingerprint density at radius 2 is 1.00 bits per heavy atom. The van der Waals surface area contributed by atoms with E-state index in [1.165, 1.54) is 0 Å². The summed E-state index contributed by atoms with van der Waals surface area (Å²) < 4.78 is 0. The van der Waals surface area contributed by atoms with E-state index in [0.717, 1.165) is 0 Å². The predicted octanol–water partition coefficient (Wildman–Crippen LogP) is -0.767. The summed E-state index contributed by atoms with van der Waals surface area (Å²) in [6.45, 7) is 0. The van der Waals surface area contributed by atoms with Crippen molar-refractivity contribution < 1.29 is 43.6 Å². The normalized spacial score (nSPS) is 0. The Labute approximate surface area is 82.6 Å². The van der Waals surface area contributed by atoms with Gasteiger partial charge in [0.05, 0.1) is 0 Å². The third kappa shape index (κ3) is 8.83. The molecule has 4 heavy (non-hydrogen) atoms. The molecule has 0 aliphatic carbocycles. The van der Waals surface area contributed by atoms with E-state index in [2.05, 4.69) is 0 Å². The molecule has 0 aliphatic heterocycles. The molecule has 0 atom stereocenters. The Morgan fingerprint density at radius 1 is 1.00 bits per heavy atom. The Kier molecular flexibility index (Phi) is 128. The number of rotatable bonds is 0. The van der Waals surface area contributed by atoms with Crippen LogP contribution in [0.1, 0.15) is 0 Å². The van der Waals surface area contributed by atoms with Crippen LogP contribution in [-0.2, 0) is 43.6 Å². The van der Waals surface area contributed by atoms with Crippen molar-refractivity contribution >= 4 is 40.4 Å². The maximum absolute atomic E-state index is 0. The van der Waals surface area contributed by atoms with Gasteiger partial charge in [0.25, 0.3) is 0 Å². The summed E-state index contributed by atoms with van der Waals surface area (Å²) in [5.41, 5.74) is 0. The molecular formula is AlCrMgZr. The maximum atomic E-state index is 0. The Bertz CT molecular complexity index is 8.00. The minimum atomic E-state index is 0. The van der Waals surface area contributed by atoms with Crippen molar-refractivity contribution in [2.45, 2.75) is 0 Å². The Morgan fingerprint density at radius 3 is 1.00 bits per heavy atom. The van der Waals surface area contributed by atoms with E-state index in [9.17, 15) is 0 Å². The van der Waals surface area contributed by atoms with E-state index in [1.54, 1.807) is 0 Å². The molecular weight excluding hydrogens is 195 g/mol. The zero-order valence-electron chi connectivity index (χ0n) is 2.19. The van der Waals surface area contributed by atoms with Gasteiger partial charge in [-0.15, -0.1) is 0 Å². The second kappa shape index (κ2) is 17.2. The van der Waals surface area contributed by atoms with E-state index in [4.69, 9.17) is 0 Å². The van der Waals surface area contributed by atoms with Gasteiger partial charge in [-0.25, -0.2) is 0 Å². The van der Waals surface area contributed by atoms with Gasteiger partial charge < -0.3 is 0 Å². The molecule has 0 rings (SSSR count). The van der Waals surface area contributed by atoms with E-state index in [0.29, 0.717) is 0 Å². The molecule has 0 unspecified atom stereocenters. The van der Waals surface area contributed by atoms with Gasteiger partial charge in [0, 0.05) is 84.0 Å². The van der Waals surface area contributed by atoms with Gasteiger partial charge in [0.2, 0.25) is 0 Å². The molecule has 0 spiro atoms. The van der Waals surface area contributed by atoms with Crippen LogP contribution >= 0.6 is 0 Å². The molecule has 0 saturated heterocycles. The van der Waals surface area contributed by atoms with Crippen LogP contribution in [0, 0.1) is 0 Å². The summed E-state index contributed by atoms with van der Waals surface area (Å²) in [6, 6.07) is 0. The molecule has 0 aliphatic rings. The van der Waals surface area contributed by atoms with Gasteiger partial charge in [-0.2, -0.15) is 0 Å². The minimum absolute atomic E-state index is 0. The van der Waals surface area contributed by atoms with Crippen molar-refractivity contribution in [1.29, 1.82) is 0 Å². The monoisotopic (exact) mass is 193 g/mol. The van der Waals surface area contributed by atoms with Gasteiger partial charge in [-0.05, 0) is 0 Å². The molecule has 0 aromatic rings.